The average molecular weight is 344 g/mol. The highest BCUT2D eigenvalue weighted by atomic mass is 32.2. The van der Waals surface area contributed by atoms with Gasteiger partial charge in [-0.2, -0.15) is 0 Å². The molecule has 1 spiro atoms. The predicted molar refractivity (Wildman–Crippen MR) is 87.4 cm³/mol. The molecule has 1 aliphatic heterocycles. The Morgan fingerprint density at radius 2 is 1.96 bits per heavy atom. The van der Waals surface area contributed by atoms with E-state index in [1.54, 1.807) is 0 Å². The van der Waals surface area contributed by atoms with Gasteiger partial charge in [0.25, 0.3) is 0 Å². The van der Waals surface area contributed by atoms with Gasteiger partial charge in [0.1, 0.15) is 0 Å². The largest absolute Gasteiger partial charge is 0.378 e. The van der Waals surface area contributed by atoms with Crippen LogP contribution < -0.4 is 5.32 Å². The third-order valence-corrected chi connectivity index (χ3v) is 7.35. The van der Waals surface area contributed by atoms with Gasteiger partial charge in [-0.25, -0.2) is 12.7 Å². The van der Waals surface area contributed by atoms with Crippen LogP contribution in [0.2, 0.25) is 0 Å². The van der Waals surface area contributed by atoms with Crippen molar-refractivity contribution in [1.82, 2.24) is 9.62 Å². The second-order valence-electron chi connectivity index (χ2n) is 7.26. The lowest BCUT2D eigenvalue weighted by Crippen LogP contribution is -2.68. The second kappa shape index (κ2) is 6.33. The van der Waals surface area contributed by atoms with Crippen LogP contribution in [-0.4, -0.2) is 56.7 Å². The third kappa shape index (κ3) is 3.15. The number of sulfonamides is 1. The van der Waals surface area contributed by atoms with Crippen LogP contribution in [-0.2, 0) is 19.6 Å². The zero-order valence-corrected chi connectivity index (χ0v) is 14.9. The molecule has 0 aromatic carbocycles. The molecule has 3 rings (SSSR count). The fraction of sp³-hybridized carbons (Fsp3) is 0.938. The number of hydrogen-bond donors (Lipinski definition) is 1. The standard InChI is InChI=1S/C16H28N2O4S/c1-3-22-14-11-13(16(14)7-4-8-16)17-15(19)12-5-9-18(10-6-12)23(2,20)21/h12-14H,3-11H2,1-2H3,(H,17,19)/t13-,14-/m0/s1. The Bertz CT molecular complexity index is 550. The van der Waals surface area contributed by atoms with Crippen molar-refractivity contribution in [3.05, 3.63) is 0 Å². The van der Waals surface area contributed by atoms with E-state index in [1.807, 2.05) is 6.92 Å². The lowest BCUT2D eigenvalue weighted by Gasteiger charge is -2.61. The Balaban J connectivity index is 1.51. The number of amides is 1. The molecule has 0 aromatic rings. The summed E-state index contributed by atoms with van der Waals surface area (Å²) in [6.07, 6.45) is 7.21. The number of nitrogens with one attached hydrogen (secondary N) is 1. The van der Waals surface area contributed by atoms with Crippen molar-refractivity contribution in [2.24, 2.45) is 11.3 Å². The Labute approximate surface area is 139 Å². The first-order valence-electron chi connectivity index (χ1n) is 8.74. The highest BCUT2D eigenvalue weighted by Crippen LogP contribution is 2.57. The summed E-state index contributed by atoms with van der Waals surface area (Å²) in [5.41, 5.74) is 0.180. The maximum absolute atomic E-state index is 12.5. The molecule has 0 bridgehead atoms. The van der Waals surface area contributed by atoms with Gasteiger partial charge < -0.3 is 10.1 Å². The smallest absolute Gasteiger partial charge is 0.223 e. The van der Waals surface area contributed by atoms with Crippen molar-refractivity contribution in [3.63, 3.8) is 0 Å². The van der Waals surface area contributed by atoms with Crippen molar-refractivity contribution in [2.75, 3.05) is 26.0 Å². The van der Waals surface area contributed by atoms with E-state index in [0.29, 0.717) is 32.0 Å². The lowest BCUT2D eigenvalue weighted by atomic mass is 9.51. The molecule has 3 aliphatic rings. The van der Waals surface area contributed by atoms with Crippen LogP contribution in [0.25, 0.3) is 0 Å². The first kappa shape index (κ1) is 17.2. The van der Waals surface area contributed by atoms with Gasteiger partial charge in [-0.15, -0.1) is 0 Å². The van der Waals surface area contributed by atoms with E-state index in [4.69, 9.17) is 4.74 Å². The average Bonchev–Trinajstić information content (AvgIpc) is 2.43. The number of nitrogens with zero attached hydrogens (tertiary/aromatic N) is 1. The summed E-state index contributed by atoms with van der Waals surface area (Å²) in [7, 11) is -3.13. The Hall–Kier alpha value is -0.660. The molecule has 1 amide bonds. The van der Waals surface area contributed by atoms with Crippen molar-refractivity contribution >= 4 is 15.9 Å². The summed E-state index contributed by atoms with van der Waals surface area (Å²) in [6, 6.07) is 0.244. The molecule has 1 heterocycles. The van der Waals surface area contributed by atoms with Gasteiger partial charge in [0, 0.05) is 37.1 Å². The first-order valence-corrected chi connectivity index (χ1v) is 10.6. The summed E-state index contributed by atoms with van der Waals surface area (Å²) in [4.78, 5) is 12.5. The van der Waals surface area contributed by atoms with E-state index in [2.05, 4.69) is 5.32 Å². The number of hydrogen-bond acceptors (Lipinski definition) is 4. The van der Waals surface area contributed by atoms with E-state index in [1.165, 1.54) is 17.0 Å². The van der Waals surface area contributed by atoms with Crippen LogP contribution in [0, 0.1) is 11.3 Å². The summed E-state index contributed by atoms with van der Waals surface area (Å²) in [5, 5.41) is 3.23. The molecular formula is C16H28N2O4S. The van der Waals surface area contributed by atoms with E-state index < -0.39 is 10.0 Å². The molecule has 2 atom stereocenters. The van der Waals surface area contributed by atoms with Crippen molar-refractivity contribution in [2.45, 2.75) is 57.6 Å². The van der Waals surface area contributed by atoms with Gasteiger partial charge in [0.15, 0.2) is 0 Å². The molecule has 0 radical (unpaired) electrons. The second-order valence-corrected chi connectivity index (χ2v) is 9.25. The van der Waals surface area contributed by atoms with Gasteiger partial charge in [0.05, 0.1) is 12.4 Å². The fourth-order valence-corrected chi connectivity index (χ4v) is 5.25. The molecule has 2 aliphatic carbocycles. The van der Waals surface area contributed by atoms with Crippen LogP contribution >= 0.6 is 0 Å². The maximum atomic E-state index is 12.5. The molecule has 7 heteroatoms. The number of carbonyl (C=O) groups excluding carboxylic acids is 1. The topological polar surface area (TPSA) is 75.7 Å². The molecule has 1 saturated heterocycles. The highest BCUT2D eigenvalue weighted by Gasteiger charge is 2.59. The molecular weight excluding hydrogens is 316 g/mol. The van der Waals surface area contributed by atoms with Crippen molar-refractivity contribution < 1.29 is 17.9 Å². The van der Waals surface area contributed by atoms with Gasteiger partial charge in [-0.05, 0) is 39.0 Å². The molecule has 0 unspecified atom stereocenters. The zero-order valence-electron chi connectivity index (χ0n) is 14.1. The monoisotopic (exact) mass is 344 g/mol. The van der Waals surface area contributed by atoms with Crippen LogP contribution in [0.5, 0.6) is 0 Å². The highest BCUT2D eigenvalue weighted by molar-refractivity contribution is 7.88. The Morgan fingerprint density at radius 1 is 1.30 bits per heavy atom. The number of ether oxygens (including phenoxy) is 1. The minimum atomic E-state index is -3.13. The summed E-state index contributed by atoms with van der Waals surface area (Å²) < 4.78 is 30.4. The van der Waals surface area contributed by atoms with E-state index in [9.17, 15) is 13.2 Å². The quantitative estimate of drug-likeness (QED) is 0.811. The number of piperidine rings is 1. The minimum absolute atomic E-state index is 0.0590. The molecule has 0 aromatic heterocycles. The molecule has 1 N–H and O–H groups in total. The van der Waals surface area contributed by atoms with Gasteiger partial charge in [-0.1, -0.05) is 6.42 Å². The van der Waals surface area contributed by atoms with Crippen LogP contribution in [0.3, 0.4) is 0 Å². The zero-order chi connectivity index (χ0) is 16.7. The molecule has 6 nitrogen and oxygen atoms in total. The summed E-state index contributed by atoms with van der Waals surface area (Å²) in [5.74, 6) is 0.0423. The normalized spacial score (nSPS) is 31.4. The van der Waals surface area contributed by atoms with E-state index in [0.717, 1.165) is 25.9 Å². The van der Waals surface area contributed by atoms with Crippen LogP contribution in [0.15, 0.2) is 0 Å². The minimum Gasteiger partial charge on any atom is -0.378 e. The van der Waals surface area contributed by atoms with Gasteiger partial charge in [0.2, 0.25) is 15.9 Å². The SMILES string of the molecule is CCO[C@H]1C[C@H](NC(=O)C2CCN(S(C)(=O)=O)CC2)C12CCC2. The van der Waals surface area contributed by atoms with Crippen molar-refractivity contribution in [3.8, 4) is 0 Å². The van der Waals surface area contributed by atoms with E-state index >= 15 is 0 Å². The number of rotatable bonds is 5. The summed E-state index contributed by atoms with van der Waals surface area (Å²) >= 11 is 0. The first-order chi connectivity index (χ1) is 10.9. The lowest BCUT2D eigenvalue weighted by molar-refractivity contribution is -0.177. The van der Waals surface area contributed by atoms with Gasteiger partial charge >= 0.3 is 0 Å². The molecule has 3 fully saturated rings. The van der Waals surface area contributed by atoms with Crippen LogP contribution in [0.1, 0.15) is 45.4 Å². The third-order valence-electron chi connectivity index (χ3n) is 6.05. The van der Waals surface area contributed by atoms with Crippen molar-refractivity contribution in [1.29, 1.82) is 0 Å². The molecule has 2 saturated carbocycles. The number of carbonyl (C=O) groups is 1. The Kier molecular flexibility index (Phi) is 4.73. The maximum Gasteiger partial charge on any atom is 0.223 e. The predicted octanol–water partition coefficient (Wildman–Crippen LogP) is 1.12. The van der Waals surface area contributed by atoms with E-state index in [-0.39, 0.29) is 23.3 Å². The van der Waals surface area contributed by atoms with Gasteiger partial charge in [-0.3, -0.25) is 4.79 Å². The molecule has 132 valence electrons. The molecule has 23 heavy (non-hydrogen) atoms. The fourth-order valence-electron chi connectivity index (χ4n) is 4.38. The summed E-state index contributed by atoms with van der Waals surface area (Å²) in [6.45, 7) is 3.66. The van der Waals surface area contributed by atoms with Crippen LogP contribution in [0.4, 0.5) is 0 Å². The Morgan fingerprint density at radius 3 is 2.43 bits per heavy atom.